The third-order valence-electron chi connectivity index (χ3n) is 2.64. The molecule has 0 aliphatic carbocycles. The monoisotopic (exact) mass is 286 g/mol. The summed E-state index contributed by atoms with van der Waals surface area (Å²) in [5.41, 5.74) is 0.898. The summed E-state index contributed by atoms with van der Waals surface area (Å²) < 4.78 is 5.76. The van der Waals surface area contributed by atoms with Crippen LogP contribution in [0.3, 0.4) is 0 Å². The van der Waals surface area contributed by atoms with E-state index in [0.717, 1.165) is 21.8 Å². The lowest BCUT2D eigenvalue weighted by molar-refractivity contribution is 0.506. The van der Waals surface area contributed by atoms with Crippen LogP contribution in [-0.2, 0) is 0 Å². The van der Waals surface area contributed by atoms with E-state index < -0.39 is 0 Å². The third kappa shape index (κ3) is 2.21. The molecule has 0 N–H and O–H groups in total. The number of benzene rings is 1. The molecule has 0 aliphatic heterocycles. The third-order valence-corrected chi connectivity index (χ3v) is 3.66. The van der Waals surface area contributed by atoms with Crippen molar-refractivity contribution < 1.29 is 4.42 Å². The normalized spacial score (nSPS) is 15.5. The van der Waals surface area contributed by atoms with Crippen LogP contribution in [0, 0.1) is 0 Å². The van der Waals surface area contributed by atoms with Crippen molar-refractivity contribution in [2.24, 2.45) is 0 Å². The van der Waals surface area contributed by atoms with Crippen molar-refractivity contribution in [3.63, 3.8) is 0 Å². The number of furan rings is 1. The molecule has 80 valence electrons. The van der Waals surface area contributed by atoms with E-state index in [1.54, 1.807) is 0 Å². The molecule has 2 atom stereocenters. The minimum Gasteiger partial charge on any atom is -0.461 e. The van der Waals surface area contributed by atoms with Gasteiger partial charge in [-0.15, -0.1) is 0 Å². The fourth-order valence-electron chi connectivity index (χ4n) is 1.49. The van der Waals surface area contributed by atoms with Crippen molar-refractivity contribution in [2.45, 2.75) is 24.6 Å². The molecule has 0 spiro atoms. The molecule has 2 rings (SSSR count). The Kier molecular flexibility index (Phi) is 3.08. The van der Waals surface area contributed by atoms with Crippen LogP contribution in [0.4, 0.5) is 0 Å². The molecule has 0 fully saturated rings. The summed E-state index contributed by atoms with van der Waals surface area (Å²) in [6.07, 6.45) is 0. The Bertz CT molecular complexity index is 475. The molecular weight excluding hydrogens is 275 g/mol. The Hall–Kier alpha value is -0.470. The van der Waals surface area contributed by atoms with Gasteiger partial charge in [0.25, 0.3) is 0 Å². The zero-order valence-electron chi connectivity index (χ0n) is 8.63. The van der Waals surface area contributed by atoms with Crippen LogP contribution in [0.25, 0.3) is 11.0 Å². The highest BCUT2D eigenvalue weighted by Gasteiger charge is 2.15. The Balaban J connectivity index is 2.47. The van der Waals surface area contributed by atoms with Gasteiger partial charge in [0.05, 0.1) is 0 Å². The molecule has 1 aromatic carbocycles. The van der Waals surface area contributed by atoms with Gasteiger partial charge in [0.1, 0.15) is 11.3 Å². The van der Waals surface area contributed by atoms with Gasteiger partial charge in [0.15, 0.2) is 0 Å². The summed E-state index contributed by atoms with van der Waals surface area (Å²) in [6, 6.07) is 7.74. The summed E-state index contributed by atoms with van der Waals surface area (Å²) in [5.74, 6) is 1.35. The number of hydrogen-bond acceptors (Lipinski definition) is 1. The lowest BCUT2D eigenvalue weighted by atomic mass is 10.1. The quantitative estimate of drug-likeness (QED) is 0.711. The maximum absolute atomic E-state index is 5.92. The highest BCUT2D eigenvalue weighted by molar-refractivity contribution is 9.09. The average molecular weight is 288 g/mol. The van der Waals surface area contributed by atoms with E-state index in [1.165, 1.54) is 0 Å². The van der Waals surface area contributed by atoms with Crippen LogP contribution in [0.2, 0.25) is 5.02 Å². The zero-order valence-corrected chi connectivity index (χ0v) is 11.0. The van der Waals surface area contributed by atoms with Crippen LogP contribution in [0.5, 0.6) is 0 Å². The Morgan fingerprint density at radius 2 is 2.00 bits per heavy atom. The molecule has 2 aromatic rings. The maximum Gasteiger partial charge on any atom is 0.134 e. The lowest BCUT2D eigenvalue weighted by Gasteiger charge is -2.09. The number of alkyl halides is 1. The summed E-state index contributed by atoms with van der Waals surface area (Å²) in [6.45, 7) is 4.25. The highest BCUT2D eigenvalue weighted by Crippen LogP contribution is 2.30. The van der Waals surface area contributed by atoms with Crippen LogP contribution in [0.15, 0.2) is 28.7 Å². The van der Waals surface area contributed by atoms with Gasteiger partial charge < -0.3 is 4.42 Å². The second kappa shape index (κ2) is 4.18. The van der Waals surface area contributed by atoms with E-state index in [4.69, 9.17) is 16.0 Å². The van der Waals surface area contributed by atoms with Gasteiger partial charge in [-0.3, -0.25) is 0 Å². The Labute approximate surface area is 103 Å². The Morgan fingerprint density at radius 1 is 1.27 bits per heavy atom. The second-order valence-corrected chi connectivity index (χ2v) is 5.68. The highest BCUT2D eigenvalue weighted by atomic mass is 79.9. The number of fused-ring (bicyclic) bond motifs is 1. The summed E-state index contributed by atoms with van der Waals surface area (Å²) in [7, 11) is 0. The predicted octanol–water partition coefficient (Wildman–Crippen LogP) is 4.97. The largest absolute Gasteiger partial charge is 0.461 e. The number of hydrogen-bond donors (Lipinski definition) is 0. The van der Waals surface area contributed by atoms with E-state index in [9.17, 15) is 0 Å². The lowest BCUT2D eigenvalue weighted by Crippen LogP contribution is -2.02. The van der Waals surface area contributed by atoms with E-state index in [2.05, 4.69) is 35.8 Å². The molecular formula is C12H12BrClO. The van der Waals surface area contributed by atoms with Crippen molar-refractivity contribution in [1.29, 1.82) is 0 Å². The van der Waals surface area contributed by atoms with Gasteiger partial charge in [-0.25, -0.2) is 0 Å². The van der Waals surface area contributed by atoms with Crippen molar-refractivity contribution >= 4 is 38.5 Å². The predicted molar refractivity (Wildman–Crippen MR) is 68.0 cm³/mol. The average Bonchev–Trinajstić information content (AvgIpc) is 2.58. The maximum atomic E-state index is 5.92. The number of rotatable bonds is 2. The van der Waals surface area contributed by atoms with E-state index in [-0.39, 0.29) is 0 Å². The van der Waals surface area contributed by atoms with E-state index in [1.807, 2.05) is 18.2 Å². The fourth-order valence-corrected chi connectivity index (χ4v) is 1.93. The van der Waals surface area contributed by atoms with Crippen molar-refractivity contribution in [3.8, 4) is 0 Å². The fraction of sp³-hybridized carbons (Fsp3) is 0.333. The van der Waals surface area contributed by atoms with Crippen LogP contribution in [-0.4, -0.2) is 4.83 Å². The first-order valence-electron chi connectivity index (χ1n) is 4.91. The molecule has 1 heterocycles. The molecule has 2 unspecified atom stereocenters. The molecule has 0 bridgehead atoms. The van der Waals surface area contributed by atoms with Gasteiger partial charge in [-0.1, -0.05) is 41.4 Å². The van der Waals surface area contributed by atoms with E-state index in [0.29, 0.717) is 10.7 Å². The first-order chi connectivity index (χ1) is 7.08. The SMILES string of the molecule is CC(Br)C(C)c1cc2cc(Cl)ccc2o1. The molecule has 15 heavy (non-hydrogen) atoms. The molecule has 1 nitrogen and oxygen atoms in total. The van der Waals surface area contributed by atoms with Gasteiger partial charge in [0, 0.05) is 21.2 Å². The standard InChI is InChI=1S/C12H12BrClO/c1-7(8(2)13)12-6-9-5-10(14)3-4-11(9)15-12/h3-8H,1-2H3. The summed E-state index contributed by atoms with van der Waals surface area (Å²) in [4.78, 5) is 0.397. The molecule has 0 amide bonds. The molecule has 0 radical (unpaired) electrons. The first-order valence-corrected chi connectivity index (χ1v) is 6.20. The molecule has 0 saturated heterocycles. The minimum atomic E-state index is 0.358. The van der Waals surface area contributed by atoms with Gasteiger partial charge in [0.2, 0.25) is 0 Å². The topological polar surface area (TPSA) is 13.1 Å². The number of halogens is 2. The molecule has 3 heteroatoms. The molecule has 1 aromatic heterocycles. The second-order valence-electron chi connectivity index (χ2n) is 3.80. The summed E-state index contributed by atoms with van der Waals surface area (Å²) in [5, 5.41) is 1.81. The smallest absolute Gasteiger partial charge is 0.134 e. The van der Waals surface area contributed by atoms with Crippen LogP contribution >= 0.6 is 27.5 Å². The molecule has 0 saturated carbocycles. The summed E-state index contributed by atoms with van der Waals surface area (Å²) >= 11 is 9.48. The van der Waals surface area contributed by atoms with Crippen molar-refractivity contribution in [3.05, 3.63) is 35.0 Å². The van der Waals surface area contributed by atoms with Crippen LogP contribution < -0.4 is 0 Å². The minimum absolute atomic E-state index is 0.358. The van der Waals surface area contributed by atoms with Gasteiger partial charge in [-0.05, 0) is 24.3 Å². The van der Waals surface area contributed by atoms with E-state index >= 15 is 0 Å². The van der Waals surface area contributed by atoms with Gasteiger partial charge >= 0.3 is 0 Å². The van der Waals surface area contributed by atoms with Gasteiger partial charge in [-0.2, -0.15) is 0 Å². The van der Waals surface area contributed by atoms with Crippen molar-refractivity contribution in [2.75, 3.05) is 0 Å². The Morgan fingerprint density at radius 3 is 2.67 bits per heavy atom. The molecule has 0 aliphatic rings. The zero-order chi connectivity index (χ0) is 11.0. The first kappa shape index (κ1) is 11.0. The van der Waals surface area contributed by atoms with Crippen LogP contribution in [0.1, 0.15) is 25.5 Å². The van der Waals surface area contributed by atoms with Crippen molar-refractivity contribution in [1.82, 2.24) is 0 Å².